The van der Waals surface area contributed by atoms with Gasteiger partial charge in [-0.1, -0.05) is 13.8 Å². The summed E-state index contributed by atoms with van der Waals surface area (Å²) < 4.78 is 6.06. The van der Waals surface area contributed by atoms with E-state index in [2.05, 4.69) is 29.1 Å². The Bertz CT molecular complexity index is 604. The maximum absolute atomic E-state index is 12.1. The lowest BCUT2D eigenvalue weighted by Crippen LogP contribution is -2.66. The summed E-state index contributed by atoms with van der Waals surface area (Å²) in [5.41, 5.74) is 0.173. The van der Waals surface area contributed by atoms with E-state index in [-0.39, 0.29) is 17.4 Å². The summed E-state index contributed by atoms with van der Waals surface area (Å²) in [6.07, 6.45) is 7.04. The molecular weight excluding hydrogens is 320 g/mol. The molecule has 0 saturated carbocycles. The Labute approximate surface area is 148 Å². The average Bonchev–Trinajstić information content (AvgIpc) is 2.58. The van der Waals surface area contributed by atoms with Crippen LogP contribution in [-0.2, 0) is 9.53 Å². The van der Waals surface area contributed by atoms with Crippen molar-refractivity contribution in [2.75, 3.05) is 26.2 Å². The Morgan fingerprint density at radius 2 is 2.20 bits per heavy atom. The number of aromatic nitrogens is 2. The van der Waals surface area contributed by atoms with Crippen molar-refractivity contribution in [3.8, 4) is 0 Å². The molecule has 7 heteroatoms. The number of nitrogens with one attached hydrogen (secondary N) is 1. The summed E-state index contributed by atoms with van der Waals surface area (Å²) in [5.74, 6) is 0.704. The molecule has 1 N–H and O–H groups in total. The van der Waals surface area contributed by atoms with Crippen molar-refractivity contribution < 1.29 is 14.3 Å². The molecule has 0 bridgehead atoms. The lowest BCUT2D eigenvalue weighted by molar-refractivity contribution is -0.188. The second-order valence-electron chi connectivity index (χ2n) is 7.55. The van der Waals surface area contributed by atoms with Crippen LogP contribution in [0, 0.1) is 11.8 Å². The largest absolute Gasteiger partial charge is 0.371 e. The summed E-state index contributed by atoms with van der Waals surface area (Å²) in [6, 6.07) is 0. The number of hydrogen-bond donors (Lipinski definition) is 1. The van der Waals surface area contributed by atoms with Gasteiger partial charge in [0, 0.05) is 25.4 Å². The fraction of sp³-hybridized carbons (Fsp3) is 0.667. The Kier molecular flexibility index (Phi) is 5.32. The number of carbonyl (C=O) groups is 2. The molecule has 1 aromatic rings. The maximum atomic E-state index is 12.1. The summed E-state index contributed by atoms with van der Waals surface area (Å²) >= 11 is 0. The van der Waals surface area contributed by atoms with Crippen LogP contribution >= 0.6 is 0 Å². The molecule has 7 nitrogen and oxygen atoms in total. The third kappa shape index (κ3) is 4.34. The summed E-state index contributed by atoms with van der Waals surface area (Å²) in [4.78, 5) is 33.8. The van der Waals surface area contributed by atoms with E-state index in [0.29, 0.717) is 50.2 Å². The zero-order valence-electron chi connectivity index (χ0n) is 14.9. The number of likely N-dealkylation sites (tertiary alicyclic amines) is 1. The molecule has 3 heterocycles. The average molecular weight is 346 g/mol. The van der Waals surface area contributed by atoms with Gasteiger partial charge in [-0.05, 0) is 24.7 Å². The van der Waals surface area contributed by atoms with Gasteiger partial charge in [-0.2, -0.15) is 0 Å². The zero-order chi connectivity index (χ0) is 17.9. The fourth-order valence-corrected chi connectivity index (χ4v) is 3.38. The van der Waals surface area contributed by atoms with E-state index < -0.39 is 0 Å². The molecule has 0 aromatic carbocycles. The Morgan fingerprint density at radius 3 is 2.80 bits per heavy atom. The van der Waals surface area contributed by atoms with Gasteiger partial charge >= 0.3 is 0 Å². The van der Waals surface area contributed by atoms with E-state index in [4.69, 9.17) is 4.74 Å². The molecule has 2 aliphatic heterocycles. The van der Waals surface area contributed by atoms with Crippen molar-refractivity contribution in [2.45, 2.75) is 38.7 Å². The van der Waals surface area contributed by atoms with Crippen LogP contribution in [-0.4, -0.2) is 58.5 Å². The number of nitrogens with zero attached hydrogens (tertiary/aromatic N) is 3. The summed E-state index contributed by atoms with van der Waals surface area (Å²) in [7, 11) is 0. The Balaban J connectivity index is 1.38. The first-order valence-corrected chi connectivity index (χ1v) is 8.93. The highest BCUT2D eigenvalue weighted by molar-refractivity contribution is 5.91. The zero-order valence-corrected chi connectivity index (χ0v) is 14.9. The van der Waals surface area contributed by atoms with Gasteiger partial charge in [0.15, 0.2) is 0 Å². The van der Waals surface area contributed by atoms with Crippen molar-refractivity contribution in [3.63, 3.8) is 0 Å². The minimum Gasteiger partial charge on any atom is -0.371 e. The van der Waals surface area contributed by atoms with Crippen molar-refractivity contribution >= 4 is 11.8 Å². The van der Waals surface area contributed by atoms with E-state index in [1.807, 2.05) is 4.90 Å². The van der Waals surface area contributed by atoms with Crippen LogP contribution in [0.2, 0.25) is 0 Å². The molecule has 2 saturated heterocycles. The first kappa shape index (κ1) is 17.8. The van der Waals surface area contributed by atoms with E-state index in [1.54, 1.807) is 6.20 Å². The molecule has 1 atom stereocenters. The highest BCUT2D eigenvalue weighted by Gasteiger charge is 2.48. The first-order chi connectivity index (χ1) is 12.0. The molecule has 2 amide bonds. The van der Waals surface area contributed by atoms with Gasteiger partial charge in [-0.15, -0.1) is 0 Å². The third-order valence-electron chi connectivity index (χ3n) is 4.87. The first-order valence-electron chi connectivity index (χ1n) is 8.93. The monoisotopic (exact) mass is 346 g/mol. The molecule has 2 fully saturated rings. The van der Waals surface area contributed by atoms with Gasteiger partial charge in [0.1, 0.15) is 11.3 Å². The molecule has 0 radical (unpaired) electrons. The van der Waals surface area contributed by atoms with Crippen LogP contribution in [0.15, 0.2) is 18.6 Å². The fourth-order valence-electron chi connectivity index (χ4n) is 3.38. The molecule has 2 aliphatic rings. The number of hydrogen-bond acceptors (Lipinski definition) is 5. The Morgan fingerprint density at radius 1 is 1.40 bits per heavy atom. The molecule has 1 aromatic heterocycles. The number of ether oxygens (including phenoxy) is 1. The molecule has 0 aliphatic carbocycles. The summed E-state index contributed by atoms with van der Waals surface area (Å²) in [5, 5.41) is 2.89. The predicted octanol–water partition coefficient (Wildman–Crippen LogP) is 1.26. The molecule has 1 spiro atoms. The van der Waals surface area contributed by atoms with Crippen molar-refractivity contribution in [2.24, 2.45) is 11.8 Å². The third-order valence-corrected chi connectivity index (χ3v) is 4.87. The van der Waals surface area contributed by atoms with Crippen LogP contribution in [0.1, 0.15) is 43.6 Å². The number of carbonyl (C=O) groups excluding carboxylic acids is 2. The van der Waals surface area contributed by atoms with E-state index in [1.165, 1.54) is 12.4 Å². The standard InChI is InChI=1S/C18H26N4O3/c1-13(2)7-16(23)22-11-18(12-22)4-3-14(10-25-18)8-21-17(24)15-9-19-5-6-20-15/h5-6,9,13-14H,3-4,7-8,10-12H2,1-2H3,(H,21,24). The lowest BCUT2D eigenvalue weighted by atomic mass is 9.82. The topological polar surface area (TPSA) is 84.4 Å². The van der Waals surface area contributed by atoms with Crippen LogP contribution in [0.5, 0.6) is 0 Å². The van der Waals surface area contributed by atoms with Crippen LogP contribution in [0.25, 0.3) is 0 Å². The van der Waals surface area contributed by atoms with Crippen molar-refractivity contribution in [1.29, 1.82) is 0 Å². The van der Waals surface area contributed by atoms with Crippen LogP contribution < -0.4 is 5.32 Å². The van der Waals surface area contributed by atoms with Gasteiger partial charge < -0.3 is 15.0 Å². The number of rotatable bonds is 5. The van der Waals surface area contributed by atoms with Crippen LogP contribution in [0.4, 0.5) is 0 Å². The molecule has 25 heavy (non-hydrogen) atoms. The van der Waals surface area contributed by atoms with Crippen molar-refractivity contribution in [1.82, 2.24) is 20.2 Å². The van der Waals surface area contributed by atoms with E-state index in [0.717, 1.165) is 12.8 Å². The minimum absolute atomic E-state index is 0.155. The van der Waals surface area contributed by atoms with Gasteiger partial charge in [0.2, 0.25) is 5.91 Å². The second kappa shape index (κ2) is 7.47. The molecule has 1 unspecified atom stereocenters. The van der Waals surface area contributed by atoms with Crippen molar-refractivity contribution in [3.05, 3.63) is 24.3 Å². The van der Waals surface area contributed by atoms with Gasteiger partial charge in [0.25, 0.3) is 5.91 Å². The van der Waals surface area contributed by atoms with Gasteiger partial charge in [-0.3, -0.25) is 14.6 Å². The SMILES string of the molecule is CC(C)CC(=O)N1CC2(CCC(CNC(=O)c3cnccn3)CO2)C1. The molecule has 136 valence electrons. The molecular formula is C18H26N4O3. The Hall–Kier alpha value is -2.02. The van der Waals surface area contributed by atoms with Gasteiger partial charge in [0.05, 0.1) is 25.9 Å². The summed E-state index contributed by atoms with van der Waals surface area (Å²) in [6.45, 7) is 6.72. The van der Waals surface area contributed by atoms with Gasteiger partial charge in [-0.25, -0.2) is 4.98 Å². The quantitative estimate of drug-likeness (QED) is 0.868. The molecule has 3 rings (SSSR count). The van der Waals surface area contributed by atoms with Crippen LogP contribution in [0.3, 0.4) is 0 Å². The smallest absolute Gasteiger partial charge is 0.271 e. The highest BCUT2D eigenvalue weighted by atomic mass is 16.5. The highest BCUT2D eigenvalue weighted by Crippen LogP contribution is 2.36. The minimum atomic E-state index is -0.206. The predicted molar refractivity (Wildman–Crippen MR) is 91.8 cm³/mol. The lowest BCUT2D eigenvalue weighted by Gasteiger charge is -2.53. The van der Waals surface area contributed by atoms with E-state index in [9.17, 15) is 9.59 Å². The number of amides is 2. The maximum Gasteiger partial charge on any atom is 0.271 e. The normalized spacial score (nSPS) is 21.9. The van der Waals surface area contributed by atoms with E-state index >= 15 is 0 Å². The second-order valence-corrected chi connectivity index (χ2v) is 7.55.